The number of aromatic nitrogens is 5. The number of likely N-dealkylation sites (tertiary alicyclic amines) is 1. The van der Waals surface area contributed by atoms with Crippen LogP contribution in [0.2, 0.25) is 0 Å². The second-order valence-electron chi connectivity index (χ2n) is 10.8. The van der Waals surface area contributed by atoms with Crippen molar-refractivity contribution in [1.82, 2.24) is 28.6 Å². The van der Waals surface area contributed by atoms with Crippen molar-refractivity contribution in [3.63, 3.8) is 0 Å². The normalized spacial score (nSPS) is 20.4. The molecule has 1 aliphatic heterocycles. The molecule has 206 valence electrons. The first kappa shape index (κ1) is 25.8. The Labute approximate surface area is 222 Å². The lowest BCUT2D eigenvalue weighted by Crippen LogP contribution is -2.26. The fourth-order valence-electron chi connectivity index (χ4n) is 6.00. The van der Waals surface area contributed by atoms with Crippen molar-refractivity contribution >= 4 is 5.52 Å². The molecule has 1 saturated heterocycles. The summed E-state index contributed by atoms with van der Waals surface area (Å²) < 4.78 is 60.7. The standard InChI is InChI=1S/C28H30F4N6O/c1-17(36-10-9-21(29)14-36)20-12-23(28(30,31)32)24-15-37(27(39)38(24)13-20)22-8-4-7-19(11-22)25(18-5-3-6-18)26-34-33-16-35(26)2/h4,7-8,11-13,15-18,21,25H,3,5-6,9-10,14H2,1-2H3/t17?,21-,25-/m1/s1. The average molecular weight is 543 g/mol. The summed E-state index contributed by atoms with van der Waals surface area (Å²) in [6, 6.07) is 8.00. The van der Waals surface area contributed by atoms with Crippen molar-refractivity contribution < 1.29 is 17.6 Å². The molecule has 0 amide bonds. The van der Waals surface area contributed by atoms with Crippen LogP contribution in [-0.4, -0.2) is 47.9 Å². The maximum Gasteiger partial charge on any atom is 0.418 e. The average Bonchev–Trinajstić information content (AvgIpc) is 3.58. The highest BCUT2D eigenvalue weighted by Crippen LogP contribution is 2.43. The van der Waals surface area contributed by atoms with Gasteiger partial charge in [-0.2, -0.15) is 13.2 Å². The molecular weight excluding hydrogens is 512 g/mol. The summed E-state index contributed by atoms with van der Waals surface area (Å²) in [5.74, 6) is 1.17. The van der Waals surface area contributed by atoms with Gasteiger partial charge in [0.2, 0.25) is 0 Å². The first-order valence-electron chi connectivity index (χ1n) is 13.3. The molecule has 1 aliphatic carbocycles. The summed E-state index contributed by atoms with van der Waals surface area (Å²) >= 11 is 0. The van der Waals surface area contributed by atoms with Crippen LogP contribution in [0.5, 0.6) is 0 Å². The molecule has 2 fully saturated rings. The molecule has 3 aromatic heterocycles. The van der Waals surface area contributed by atoms with Crippen LogP contribution in [0.25, 0.3) is 11.2 Å². The van der Waals surface area contributed by atoms with Crippen LogP contribution in [0.15, 0.2) is 53.8 Å². The lowest BCUT2D eigenvalue weighted by atomic mass is 9.72. The van der Waals surface area contributed by atoms with Crippen molar-refractivity contribution in [2.45, 2.75) is 56.9 Å². The van der Waals surface area contributed by atoms with Gasteiger partial charge in [-0.25, -0.2) is 9.18 Å². The number of halogens is 4. The van der Waals surface area contributed by atoms with E-state index < -0.39 is 29.6 Å². The number of pyridine rings is 1. The Kier molecular flexibility index (Phi) is 6.36. The molecule has 0 spiro atoms. The summed E-state index contributed by atoms with van der Waals surface area (Å²) in [4.78, 5) is 15.4. The third-order valence-electron chi connectivity index (χ3n) is 8.44. The first-order chi connectivity index (χ1) is 18.6. The molecule has 7 nitrogen and oxygen atoms in total. The van der Waals surface area contributed by atoms with Crippen molar-refractivity contribution in [1.29, 1.82) is 0 Å². The summed E-state index contributed by atoms with van der Waals surface area (Å²) in [7, 11) is 1.89. The van der Waals surface area contributed by atoms with Crippen LogP contribution in [0.3, 0.4) is 0 Å². The van der Waals surface area contributed by atoms with E-state index in [0.29, 0.717) is 30.1 Å². The maximum atomic E-state index is 14.2. The van der Waals surface area contributed by atoms with E-state index in [1.165, 1.54) is 17.0 Å². The highest BCUT2D eigenvalue weighted by molar-refractivity contribution is 5.58. The van der Waals surface area contributed by atoms with Gasteiger partial charge in [-0.15, -0.1) is 10.2 Å². The van der Waals surface area contributed by atoms with E-state index in [1.807, 2.05) is 34.7 Å². The Morgan fingerprint density at radius 2 is 1.87 bits per heavy atom. The summed E-state index contributed by atoms with van der Waals surface area (Å²) in [6.45, 7) is 2.37. The van der Waals surface area contributed by atoms with Crippen LogP contribution in [0, 0.1) is 5.92 Å². The van der Waals surface area contributed by atoms with E-state index >= 15 is 0 Å². The van der Waals surface area contributed by atoms with Crippen molar-refractivity contribution in [3.8, 4) is 5.69 Å². The maximum absolute atomic E-state index is 14.2. The number of nitrogens with zero attached hydrogens (tertiary/aromatic N) is 6. The van der Waals surface area contributed by atoms with E-state index in [1.54, 1.807) is 19.3 Å². The quantitative estimate of drug-likeness (QED) is 0.312. The van der Waals surface area contributed by atoms with Gasteiger partial charge < -0.3 is 4.57 Å². The zero-order valence-electron chi connectivity index (χ0n) is 21.8. The lowest BCUT2D eigenvalue weighted by molar-refractivity contribution is -0.136. The van der Waals surface area contributed by atoms with Gasteiger partial charge in [0.25, 0.3) is 0 Å². The minimum Gasteiger partial charge on any atom is -0.320 e. The topological polar surface area (TPSA) is 60.4 Å². The summed E-state index contributed by atoms with van der Waals surface area (Å²) in [5.41, 5.74) is 0.0461. The van der Waals surface area contributed by atoms with Gasteiger partial charge in [-0.3, -0.25) is 13.9 Å². The summed E-state index contributed by atoms with van der Waals surface area (Å²) in [6.07, 6.45) is 2.28. The second-order valence-corrected chi connectivity index (χ2v) is 10.8. The molecule has 1 unspecified atom stereocenters. The van der Waals surface area contributed by atoms with Crippen molar-refractivity contribution in [3.05, 3.63) is 82.1 Å². The van der Waals surface area contributed by atoms with Crippen LogP contribution in [0.4, 0.5) is 17.6 Å². The molecule has 4 heterocycles. The summed E-state index contributed by atoms with van der Waals surface area (Å²) in [5, 5.41) is 8.38. The first-order valence-corrected chi connectivity index (χ1v) is 13.3. The van der Waals surface area contributed by atoms with E-state index in [9.17, 15) is 22.4 Å². The van der Waals surface area contributed by atoms with Crippen molar-refractivity contribution in [2.75, 3.05) is 13.1 Å². The number of hydrogen-bond acceptors (Lipinski definition) is 4. The number of aryl methyl sites for hydroxylation is 1. The van der Waals surface area contributed by atoms with Gasteiger partial charge in [0, 0.05) is 44.5 Å². The molecule has 4 aromatic rings. The molecule has 2 aliphatic rings. The zero-order chi connectivity index (χ0) is 27.5. The minimum absolute atomic E-state index is 0.0306. The molecule has 0 radical (unpaired) electrons. The third kappa shape index (κ3) is 4.56. The Morgan fingerprint density at radius 1 is 1.08 bits per heavy atom. The molecular formula is C28H30F4N6O. The van der Waals surface area contributed by atoms with Crippen LogP contribution >= 0.6 is 0 Å². The molecule has 0 N–H and O–H groups in total. The third-order valence-corrected chi connectivity index (χ3v) is 8.44. The van der Waals surface area contributed by atoms with E-state index in [2.05, 4.69) is 10.2 Å². The Balaban J connectivity index is 1.45. The zero-order valence-corrected chi connectivity index (χ0v) is 21.8. The van der Waals surface area contributed by atoms with Gasteiger partial charge in [0.05, 0.1) is 16.8 Å². The fourth-order valence-corrected chi connectivity index (χ4v) is 6.00. The van der Waals surface area contributed by atoms with Crippen LogP contribution < -0.4 is 5.69 Å². The number of benzene rings is 1. The van der Waals surface area contributed by atoms with Gasteiger partial charge >= 0.3 is 11.9 Å². The molecule has 6 rings (SSSR count). The predicted octanol–water partition coefficient (Wildman–Crippen LogP) is 5.27. The van der Waals surface area contributed by atoms with Gasteiger partial charge in [-0.1, -0.05) is 18.6 Å². The van der Waals surface area contributed by atoms with Crippen molar-refractivity contribution in [2.24, 2.45) is 13.0 Å². The molecule has 39 heavy (non-hydrogen) atoms. The Morgan fingerprint density at radius 3 is 2.49 bits per heavy atom. The molecule has 1 aromatic carbocycles. The largest absolute Gasteiger partial charge is 0.418 e. The smallest absolute Gasteiger partial charge is 0.320 e. The number of alkyl halides is 4. The van der Waals surface area contributed by atoms with E-state index in [4.69, 9.17) is 0 Å². The van der Waals surface area contributed by atoms with Crippen LogP contribution in [0.1, 0.15) is 67.1 Å². The number of rotatable bonds is 6. The van der Waals surface area contributed by atoms with Gasteiger partial charge in [0.1, 0.15) is 18.3 Å². The SMILES string of the molecule is CC(c1cc(C(F)(F)F)c2cn(-c3cccc([C@H](c4nncn4C)C4CCC4)c3)c(=O)n2c1)N1CC[C@@H](F)C1. The lowest BCUT2D eigenvalue weighted by Gasteiger charge is -2.33. The highest BCUT2D eigenvalue weighted by atomic mass is 19.4. The molecule has 3 atom stereocenters. The van der Waals surface area contributed by atoms with Gasteiger partial charge in [-0.05, 0) is 61.4 Å². The second kappa shape index (κ2) is 9.62. The van der Waals surface area contributed by atoms with Gasteiger partial charge in [0.15, 0.2) is 0 Å². The predicted molar refractivity (Wildman–Crippen MR) is 138 cm³/mol. The Hall–Kier alpha value is -3.47. The number of imidazole rings is 1. The minimum atomic E-state index is -4.67. The number of hydrogen-bond donors (Lipinski definition) is 0. The van der Waals surface area contributed by atoms with Crippen LogP contribution in [-0.2, 0) is 13.2 Å². The number of fused-ring (bicyclic) bond motifs is 1. The fraction of sp³-hybridized carbons (Fsp3) is 0.464. The van der Waals surface area contributed by atoms with E-state index in [-0.39, 0.29) is 18.0 Å². The molecule has 0 bridgehead atoms. The molecule has 11 heteroatoms. The molecule has 1 saturated carbocycles. The van der Waals surface area contributed by atoms with E-state index in [0.717, 1.165) is 41.1 Å². The highest BCUT2D eigenvalue weighted by Gasteiger charge is 2.36. The Bertz CT molecular complexity index is 1570. The monoisotopic (exact) mass is 542 g/mol.